The molecule has 0 saturated heterocycles. The predicted octanol–water partition coefficient (Wildman–Crippen LogP) is 4.39. The van der Waals surface area contributed by atoms with Crippen LogP contribution >= 0.6 is 0 Å². The molecule has 1 heterocycles. The van der Waals surface area contributed by atoms with Crippen LogP contribution in [0.1, 0.15) is 30.4 Å². The van der Waals surface area contributed by atoms with Crippen LogP contribution in [-0.2, 0) is 20.9 Å². The van der Waals surface area contributed by atoms with Gasteiger partial charge in [0.25, 0.3) is 0 Å². The van der Waals surface area contributed by atoms with Crippen LogP contribution in [0.15, 0.2) is 73.1 Å². The summed E-state index contributed by atoms with van der Waals surface area (Å²) >= 11 is 0. The Labute approximate surface area is 201 Å². The van der Waals surface area contributed by atoms with E-state index in [2.05, 4.69) is 41.4 Å². The lowest BCUT2D eigenvalue weighted by Crippen LogP contribution is -2.47. The minimum absolute atomic E-state index is 0.0412. The van der Waals surface area contributed by atoms with E-state index < -0.39 is 0 Å². The summed E-state index contributed by atoms with van der Waals surface area (Å²) in [6.07, 6.45) is 4.25. The largest absolute Gasteiger partial charge is 0.380 e. The lowest BCUT2D eigenvalue weighted by atomic mass is 10.0. The number of carbonyl (C=O) groups excluding carboxylic acids is 1. The first-order chi connectivity index (χ1) is 16.5. The highest BCUT2D eigenvalue weighted by molar-refractivity contribution is 5.97. The standard InChI is InChI=1S/C28H33N3O3/c1-19(34-3)27(29)17-31(28(32)26-16-25(26)23-12-14-30-15-13-23)24-10-8-22(9-11-24)21-6-4-20(5-7-21)18-33-2/h4-15,19,25-27H,16-18,29H2,1-3H3/t19-,25+,26-,27-/m1/s1. The number of rotatable bonds is 10. The van der Waals surface area contributed by atoms with Gasteiger partial charge in [0.1, 0.15) is 0 Å². The van der Waals surface area contributed by atoms with Gasteiger partial charge in [-0.15, -0.1) is 0 Å². The second-order valence-electron chi connectivity index (χ2n) is 8.96. The van der Waals surface area contributed by atoms with Crippen molar-refractivity contribution in [1.82, 2.24) is 4.98 Å². The number of hydrogen-bond acceptors (Lipinski definition) is 5. The van der Waals surface area contributed by atoms with Crippen LogP contribution in [0.25, 0.3) is 11.1 Å². The highest BCUT2D eigenvalue weighted by atomic mass is 16.5. The summed E-state index contributed by atoms with van der Waals surface area (Å²) in [4.78, 5) is 19.5. The van der Waals surface area contributed by atoms with Crippen molar-refractivity contribution in [3.8, 4) is 11.1 Å². The SMILES string of the molecule is COCc1ccc(-c2ccc(N(C[C@@H](N)[C@@H](C)OC)C(=O)[C@@H]3C[C@H]3c3ccncc3)cc2)cc1. The Kier molecular flexibility index (Phi) is 7.73. The third-order valence-corrected chi connectivity index (χ3v) is 6.65. The van der Waals surface area contributed by atoms with Crippen molar-refractivity contribution in [1.29, 1.82) is 0 Å². The number of hydrogen-bond donors (Lipinski definition) is 1. The van der Waals surface area contributed by atoms with Crippen molar-refractivity contribution in [2.45, 2.75) is 38.0 Å². The number of carbonyl (C=O) groups is 1. The third kappa shape index (κ3) is 5.53. The molecule has 178 valence electrons. The van der Waals surface area contributed by atoms with E-state index in [4.69, 9.17) is 15.2 Å². The molecule has 1 saturated carbocycles. The van der Waals surface area contributed by atoms with Gasteiger partial charge < -0.3 is 20.1 Å². The first-order valence-corrected chi connectivity index (χ1v) is 11.7. The van der Waals surface area contributed by atoms with Crippen molar-refractivity contribution < 1.29 is 14.3 Å². The Bertz CT molecular complexity index is 1070. The maximum Gasteiger partial charge on any atom is 0.230 e. The Morgan fingerprint density at radius 1 is 1.03 bits per heavy atom. The number of aromatic nitrogens is 1. The number of amides is 1. The fourth-order valence-electron chi connectivity index (χ4n) is 4.30. The van der Waals surface area contributed by atoms with Gasteiger partial charge in [-0.2, -0.15) is 0 Å². The van der Waals surface area contributed by atoms with Gasteiger partial charge in [-0.05, 0) is 65.8 Å². The number of nitrogens with zero attached hydrogens (tertiary/aromatic N) is 2. The van der Waals surface area contributed by atoms with E-state index in [-0.39, 0.29) is 29.9 Å². The van der Waals surface area contributed by atoms with Gasteiger partial charge in [-0.25, -0.2) is 0 Å². The summed E-state index contributed by atoms with van der Waals surface area (Å²) in [5.41, 5.74) is 11.8. The molecule has 34 heavy (non-hydrogen) atoms. The van der Waals surface area contributed by atoms with E-state index >= 15 is 0 Å². The molecule has 3 aromatic rings. The fourth-order valence-corrected chi connectivity index (χ4v) is 4.30. The highest BCUT2D eigenvalue weighted by Gasteiger charge is 2.46. The molecule has 1 amide bonds. The molecule has 4 rings (SSSR count). The van der Waals surface area contributed by atoms with Crippen LogP contribution in [-0.4, -0.2) is 43.8 Å². The summed E-state index contributed by atoms with van der Waals surface area (Å²) in [5, 5.41) is 0. The maximum atomic E-state index is 13.6. The van der Waals surface area contributed by atoms with Crippen LogP contribution in [0.5, 0.6) is 0 Å². The summed E-state index contributed by atoms with van der Waals surface area (Å²) < 4.78 is 10.6. The monoisotopic (exact) mass is 459 g/mol. The van der Waals surface area contributed by atoms with Gasteiger partial charge in [0.15, 0.2) is 0 Å². The molecule has 2 aromatic carbocycles. The summed E-state index contributed by atoms with van der Waals surface area (Å²) in [6, 6.07) is 20.1. The lowest BCUT2D eigenvalue weighted by Gasteiger charge is -2.29. The first kappa shape index (κ1) is 24.1. The Hall–Kier alpha value is -3.06. The molecule has 2 N–H and O–H groups in total. The molecular formula is C28H33N3O3. The molecule has 0 bridgehead atoms. The van der Waals surface area contributed by atoms with Crippen LogP contribution in [0.2, 0.25) is 0 Å². The van der Waals surface area contributed by atoms with Gasteiger partial charge in [-0.3, -0.25) is 9.78 Å². The van der Waals surface area contributed by atoms with Gasteiger partial charge in [-0.1, -0.05) is 36.4 Å². The topological polar surface area (TPSA) is 77.7 Å². The van der Waals surface area contributed by atoms with Gasteiger partial charge in [0, 0.05) is 50.8 Å². The van der Waals surface area contributed by atoms with E-state index in [1.165, 1.54) is 0 Å². The molecule has 0 radical (unpaired) electrons. The van der Waals surface area contributed by atoms with Crippen molar-refractivity contribution in [2.75, 3.05) is 25.7 Å². The molecule has 6 nitrogen and oxygen atoms in total. The molecule has 1 aromatic heterocycles. The van der Waals surface area contributed by atoms with Crippen LogP contribution < -0.4 is 10.6 Å². The van der Waals surface area contributed by atoms with Crippen LogP contribution in [0.4, 0.5) is 5.69 Å². The number of benzene rings is 2. The minimum atomic E-state index is -0.292. The third-order valence-electron chi connectivity index (χ3n) is 6.65. The number of nitrogens with two attached hydrogens (primary N) is 1. The van der Waals surface area contributed by atoms with Gasteiger partial charge in [0.05, 0.1) is 12.7 Å². The number of pyridine rings is 1. The van der Waals surface area contributed by atoms with E-state index in [0.29, 0.717) is 13.2 Å². The van der Waals surface area contributed by atoms with Crippen molar-refractivity contribution in [2.24, 2.45) is 11.7 Å². The zero-order chi connectivity index (χ0) is 24.1. The zero-order valence-corrected chi connectivity index (χ0v) is 20.1. The average Bonchev–Trinajstić information content (AvgIpc) is 3.69. The summed E-state index contributed by atoms with van der Waals surface area (Å²) in [7, 11) is 3.34. The molecule has 1 fully saturated rings. The Balaban J connectivity index is 1.54. The Morgan fingerprint density at radius 3 is 2.24 bits per heavy atom. The molecule has 0 aliphatic heterocycles. The highest BCUT2D eigenvalue weighted by Crippen LogP contribution is 2.48. The quantitative estimate of drug-likeness (QED) is 0.486. The molecule has 1 aliphatic carbocycles. The smallest absolute Gasteiger partial charge is 0.230 e. The van der Waals surface area contributed by atoms with E-state index in [0.717, 1.165) is 34.4 Å². The van der Waals surface area contributed by atoms with Gasteiger partial charge in [0.2, 0.25) is 5.91 Å². The van der Waals surface area contributed by atoms with Gasteiger partial charge >= 0.3 is 0 Å². The van der Waals surface area contributed by atoms with Crippen LogP contribution in [0, 0.1) is 5.92 Å². The number of methoxy groups -OCH3 is 2. The molecule has 0 unspecified atom stereocenters. The zero-order valence-electron chi connectivity index (χ0n) is 20.1. The summed E-state index contributed by atoms with van der Waals surface area (Å²) in [6.45, 7) is 2.93. The number of ether oxygens (including phenoxy) is 2. The molecule has 4 atom stereocenters. The second-order valence-corrected chi connectivity index (χ2v) is 8.96. The lowest BCUT2D eigenvalue weighted by molar-refractivity contribution is -0.120. The van der Waals surface area contributed by atoms with Crippen molar-refractivity contribution >= 4 is 11.6 Å². The van der Waals surface area contributed by atoms with Crippen LogP contribution in [0.3, 0.4) is 0 Å². The maximum absolute atomic E-state index is 13.6. The summed E-state index contributed by atoms with van der Waals surface area (Å²) in [5.74, 6) is 0.302. The van der Waals surface area contributed by atoms with E-state index in [1.807, 2.05) is 36.1 Å². The van der Waals surface area contributed by atoms with Crippen molar-refractivity contribution in [3.05, 3.63) is 84.2 Å². The fraction of sp³-hybridized carbons (Fsp3) is 0.357. The minimum Gasteiger partial charge on any atom is -0.380 e. The normalized spacial score (nSPS) is 18.8. The molecular weight excluding hydrogens is 426 g/mol. The predicted molar refractivity (Wildman–Crippen MR) is 134 cm³/mol. The molecule has 6 heteroatoms. The van der Waals surface area contributed by atoms with E-state index in [1.54, 1.807) is 26.6 Å². The number of anilines is 1. The van der Waals surface area contributed by atoms with E-state index in [9.17, 15) is 4.79 Å². The first-order valence-electron chi connectivity index (χ1n) is 11.7. The molecule has 1 aliphatic rings. The average molecular weight is 460 g/mol. The second kappa shape index (κ2) is 10.9. The van der Waals surface area contributed by atoms with Crippen molar-refractivity contribution in [3.63, 3.8) is 0 Å². The molecule has 0 spiro atoms. The Morgan fingerprint density at radius 2 is 1.65 bits per heavy atom.